The van der Waals surface area contributed by atoms with E-state index < -0.39 is 0 Å². The summed E-state index contributed by atoms with van der Waals surface area (Å²) in [6.07, 6.45) is 1.54. The van der Waals surface area contributed by atoms with Crippen molar-refractivity contribution in [3.05, 3.63) is 63.8 Å². The van der Waals surface area contributed by atoms with Crippen LogP contribution in [0.25, 0.3) is 11.0 Å². The van der Waals surface area contributed by atoms with Crippen molar-refractivity contribution < 1.29 is 0 Å². The number of nitriles is 1. The average molecular weight is 264 g/mol. The average Bonchev–Trinajstić information content (AvgIpc) is 2.84. The molecule has 5 heteroatoms. The van der Waals surface area contributed by atoms with Gasteiger partial charge in [0.05, 0.1) is 23.6 Å². The molecule has 1 N–H and O–H groups in total. The van der Waals surface area contributed by atoms with E-state index in [1.165, 1.54) is 0 Å². The van der Waals surface area contributed by atoms with Gasteiger partial charge in [-0.05, 0) is 30.7 Å². The maximum Gasteiger partial charge on any atom is 0.263 e. The van der Waals surface area contributed by atoms with Crippen LogP contribution in [0.4, 0.5) is 0 Å². The van der Waals surface area contributed by atoms with E-state index in [1.54, 1.807) is 29.1 Å². The number of aromatic amines is 1. The summed E-state index contributed by atoms with van der Waals surface area (Å²) in [6.45, 7) is 2.34. The van der Waals surface area contributed by atoms with Crippen molar-refractivity contribution in [3.63, 3.8) is 0 Å². The maximum atomic E-state index is 12.3. The molecule has 98 valence electrons. The molecule has 1 aromatic carbocycles. The smallest absolute Gasteiger partial charge is 0.263 e. The van der Waals surface area contributed by atoms with E-state index in [2.05, 4.69) is 16.0 Å². The Bertz CT molecular complexity index is 866. The molecule has 0 aliphatic carbocycles. The molecule has 0 fully saturated rings. The summed E-state index contributed by atoms with van der Waals surface area (Å²) in [5.41, 5.74) is 3.03. The van der Waals surface area contributed by atoms with Crippen LogP contribution in [-0.2, 0) is 6.54 Å². The molecule has 2 aromatic heterocycles. The molecule has 5 nitrogen and oxygen atoms in total. The minimum Gasteiger partial charge on any atom is -0.343 e. The third-order valence-electron chi connectivity index (χ3n) is 3.18. The van der Waals surface area contributed by atoms with Crippen LogP contribution in [0.1, 0.15) is 16.8 Å². The second-order valence-corrected chi connectivity index (χ2v) is 4.70. The van der Waals surface area contributed by atoms with Crippen molar-refractivity contribution in [1.82, 2.24) is 14.5 Å². The fourth-order valence-electron chi connectivity index (χ4n) is 2.17. The Morgan fingerprint density at radius 1 is 1.35 bits per heavy atom. The van der Waals surface area contributed by atoms with Crippen LogP contribution in [0.2, 0.25) is 0 Å². The molecule has 0 bridgehead atoms. The number of fused-ring (bicyclic) bond motifs is 1. The van der Waals surface area contributed by atoms with Crippen LogP contribution in [0, 0.1) is 18.3 Å². The molecule has 0 aliphatic heterocycles. The summed E-state index contributed by atoms with van der Waals surface area (Å²) in [6, 6.07) is 11.1. The first kappa shape index (κ1) is 12.2. The molecule has 0 radical (unpaired) electrons. The van der Waals surface area contributed by atoms with E-state index >= 15 is 0 Å². The zero-order chi connectivity index (χ0) is 14.1. The van der Waals surface area contributed by atoms with Gasteiger partial charge in [-0.15, -0.1) is 0 Å². The quantitative estimate of drug-likeness (QED) is 0.768. The number of nitrogens with zero attached hydrogens (tertiary/aromatic N) is 3. The van der Waals surface area contributed by atoms with Gasteiger partial charge in [0.25, 0.3) is 5.56 Å². The SMILES string of the molecule is Cc1cc2c(=O)n(Cc3ccc(C#N)cc3)cnc2[nH]1. The second-order valence-electron chi connectivity index (χ2n) is 4.70. The number of nitrogens with one attached hydrogen (secondary N) is 1. The Morgan fingerprint density at radius 2 is 2.10 bits per heavy atom. The van der Waals surface area contributed by atoms with Gasteiger partial charge in [-0.2, -0.15) is 5.26 Å². The maximum absolute atomic E-state index is 12.3. The zero-order valence-electron chi connectivity index (χ0n) is 10.9. The van der Waals surface area contributed by atoms with Crippen LogP contribution in [0.5, 0.6) is 0 Å². The third kappa shape index (κ3) is 2.08. The zero-order valence-corrected chi connectivity index (χ0v) is 10.9. The number of aryl methyl sites for hydroxylation is 1. The fraction of sp³-hybridized carbons (Fsp3) is 0.133. The molecule has 2 heterocycles. The van der Waals surface area contributed by atoms with Crippen molar-refractivity contribution in [2.75, 3.05) is 0 Å². The number of H-pyrrole nitrogens is 1. The summed E-state index contributed by atoms with van der Waals surface area (Å²) in [7, 11) is 0. The summed E-state index contributed by atoms with van der Waals surface area (Å²) < 4.78 is 1.57. The van der Waals surface area contributed by atoms with Gasteiger partial charge in [0, 0.05) is 5.69 Å². The molecule has 0 atom stereocenters. The van der Waals surface area contributed by atoms with E-state index in [1.807, 2.05) is 19.1 Å². The lowest BCUT2D eigenvalue weighted by Gasteiger charge is -2.05. The highest BCUT2D eigenvalue weighted by Gasteiger charge is 2.06. The van der Waals surface area contributed by atoms with Crippen molar-refractivity contribution in [3.8, 4) is 6.07 Å². The predicted octanol–water partition coefficient (Wildman–Crippen LogP) is 1.95. The normalized spacial score (nSPS) is 10.6. The van der Waals surface area contributed by atoms with E-state index in [9.17, 15) is 4.79 Å². The van der Waals surface area contributed by atoms with Crippen molar-refractivity contribution in [2.24, 2.45) is 0 Å². The molecular weight excluding hydrogens is 252 g/mol. The third-order valence-corrected chi connectivity index (χ3v) is 3.18. The number of rotatable bonds is 2. The number of hydrogen-bond acceptors (Lipinski definition) is 3. The van der Waals surface area contributed by atoms with Crippen molar-refractivity contribution in [2.45, 2.75) is 13.5 Å². The van der Waals surface area contributed by atoms with Gasteiger partial charge < -0.3 is 4.98 Å². The van der Waals surface area contributed by atoms with Crippen LogP contribution in [0.15, 0.2) is 41.5 Å². The first-order valence-electron chi connectivity index (χ1n) is 6.21. The van der Waals surface area contributed by atoms with Crippen LogP contribution in [0.3, 0.4) is 0 Å². The Morgan fingerprint density at radius 3 is 2.80 bits per heavy atom. The Kier molecular flexibility index (Phi) is 2.84. The lowest BCUT2D eigenvalue weighted by molar-refractivity contribution is 0.748. The second kappa shape index (κ2) is 4.67. The summed E-state index contributed by atoms with van der Waals surface area (Å²) in [5.74, 6) is 0. The molecular formula is C15H12N4O. The van der Waals surface area contributed by atoms with E-state index in [0.29, 0.717) is 23.1 Å². The van der Waals surface area contributed by atoms with Gasteiger partial charge in [0.15, 0.2) is 0 Å². The first-order chi connectivity index (χ1) is 9.67. The van der Waals surface area contributed by atoms with Crippen molar-refractivity contribution in [1.29, 1.82) is 5.26 Å². The van der Waals surface area contributed by atoms with Crippen molar-refractivity contribution >= 4 is 11.0 Å². The highest BCUT2D eigenvalue weighted by Crippen LogP contribution is 2.09. The summed E-state index contributed by atoms with van der Waals surface area (Å²) in [4.78, 5) is 19.6. The minimum atomic E-state index is -0.0660. The molecule has 20 heavy (non-hydrogen) atoms. The lowest BCUT2D eigenvalue weighted by atomic mass is 10.1. The lowest BCUT2D eigenvalue weighted by Crippen LogP contribution is -2.20. The van der Waals surface area contributed by atoms with E-state index in [0.717, 1.165) is 11.3 Å². The number of benzene rings is 1. The minimum absolute atomic E-state index is 0.0660. The highest BCUT2D eigenvalue weighted by atomic mass is 16.1. The van der Waals surface area contributed by atoms with Gasteiger partial charge in [0.2, 0.25) is 0 Å². The summed E-state index contributed by atoms with van der Waals surface area (Å²) >= 11 is 0. The van der Waals surface area contributed by atoms with Crippen LogP contribution < -0.4 is 5.56 Å². The molecule has 0 spiro atoms. The molecule has 0 saturated heterocycles. The molecule has 0 unspecified atom stereocenters. The van der Waals surface area contributed by atoms with Gasteiger partial charge >= 0.3 is 0 Å². The number of aromatic nitrogens is 3. The molecule has 3 rings (SSSR count). The van der Waals surface area contributed by atoms with E-state index in [4.69, 9.17) is 5.26 Å². The Balaban J connectivity index is 2.00. The predicted molar refractivity (Wildman–Crippen MR) is 75.3 cm³/mol. The van der Waals surface area contributed by atoms with Gasteiger partial charge in [-0.1, -0.05) is 12.1 Å². The van der Waals surface area contributed by atoms with E-state index in [-0.39, 0.29) is 5.56 Å². The summed E-state index contributed by atoms with van der Waals surface area (Å²) in [5, 5.41) is 9.36. The number of hydrogen-bond donors (Lipinski definition) is 1. The van der Waals surface area contributed by atoms with Gasteiger partial charge in [-0.25, -0.2) is 4.98 Å². The highest BCUT2D eigenvalue weighted by molar-refractivity contribution is 5.75. The first-order valence-corrected chi connectivity index (χ1v) is 6.21. The fourth-order valence-corrected chi connectivity index (χ4v) is 2.17. The molecule has 3 aromatic rings. The topological polar surface area (TPSA) is 74.5 Å². The Labute approximate surface area is 115 Å². The van der Waals surface area contributed by atoms with Gasteiger partial charge in [-0.3, -0.25) is 9.36 Å². The largest absolute Gasteiger partial charge is 0.343 e. The molecule has 0 amide bonds. The van der Waals surface area contributed by atoms with Gasteiger partial charge in [0.1, 0.15) is 12.0 Å². The Hall–Kier alpha value is -2.87. The molecule has 0 aliphatic rings. The monoisotopic (exact) mass is 264 g/mol. The van der Waals surface area contributed by atoms with Crippen LogP contribution >= 0.6 is 0 Å². The standard InChI is InChI=1S/C15H12N4O/c1-10-6-13-14(18-10)17-9-19(15(13)20)8-12-4-2-11(7-16)3-5-12/h2-6,9,18H,8H2,1H3. The molecule has 0 saturated carbocycles. The van der Waals surface area contributed by atoms with Crippen LogP contribution in [-0.4, -0.2) is 14.5 Å².